The molecule has 0 radical (unpaired) electrons. The number of rotatable bonds is 3. The van der Waals surface area contributed by atoms with Crippen LogP contribution in [0.25, 0.3) is 0 Å². The SMILES string of the molecule is CCCC(C)n1c(C)cc2c1CC(C)(C)CC2O. The van der Waals surface area contributed by atoms with Crippen molar-refractivity contribution >= 4 is 0 Å². The zero-order valence-electron chi connectivity index (χ0n) is 12.5. The summed E-state index contributed by atoms with van der Waals surface area (Å²) < 4.78 is 2.46. The lowest BCUT2D eigenvalue weighted by atomic mass is 9.75. The third-order valence-corrected chi connectivity index (χ3v) is 4.27. The Bertz CT molecular complexity index is 431. The van der Waals surface area contributed by atoms with Crippen LogP contribution in [0.4, 0.5) is 0 Å². The minimum atomic E-state index is -0.280. The molecule has 18 heavy (non-hydrogen) atoms. The topological polar surface area (TPSA) is 25.2 Å². The Morgan fingerprint density at radius 2 is 2.17 bits per heavy atom. The van der Waals surface area contributed by atoms with Gasteiger partial charge in [0.2, 0.25) is 0 Å². The van der Waals surface area contributed by atoms with Gasteiger partial charge >= 0.3 is 0 Å². The summed E-state index contributed by atoms with van der Waals surface area (Å²) >= 11 is 0. The first-order valence-electron chi connectivity index (χ1n) is 7.24. The van der Waals surface area contributed by atoms with E-state index in [2.05, 4.69) is 45.3 Å². The van der Waals surface area contributed by atoms with Crippen molar-refractivity contribution < 1.29 is 5.11 Å². The van der Waals surface area contributed by atoms with Gasteiger partial charge in [-0.3, -0.25) is 0 Å². The summed E-state index contributed by atoms with van der Waals surface area (Å²) in [5.41, 5.74) is 4.06. The third-order valence-electron chi connectivity index (χ3n) is 4.27. The first-order valence-corrected chi connectivity index (χ1v) is 7.24. The number of hydrogen-bond acceptors (Lipinski definition) is 1. The zero-order valence-corrected chi connectivity index (χ0v) is 12.5. The average molecular weight is 249 g/mol. The molecule has 2 nitrogen and oxygen atoms in total. The summed E-state index contributed by atoms with van der Waals surface area (Å²) in [7, 11) is 0. The van der Waals surface area contributed by atoms with Crippen molar-refractivity contribution in [3.05, 3.63) is 23.0 Å². The molecule has 0 aliphatic heterocycles. The molecule has 1 aromatic rings. The van der Waals surface area contributed by atoms with Crippen LogP contribution in [0.3, 0.4) is 0 Å². The van der Waals surface area contributed by atoms with E-state index < -0.39 is 0 Å². The lowest BCUT2D eigenvalue weighted by Crippen LogP contribution is -2.27. The predicted octanol–water partition coefficient (Wildman–Crippen LogP) is 4.16. The maximum atomic E-state index is 10.3. The normalized spacial score (nSPS) is 23.8. The van der Waals surface area contributed by atoms with Crippen molar-refractivity contribution in [2.45, 2.75) is 72.4 Å². The monoisotopic (exact) mass is 249 g/mol. The Balaban J connectivity index is 2.44. The molecule has 0 saturated carbocycles. The Morgan fingerprint density at radius 3 is 2.78 bits per heavy atom. The van der Waals surface area contributed by atoms with Gasteiger partial charge in [-0.15, -0.1) is 0 Å². The van der Waals surface area contributed by atoms with E-state index in [1.165, 1.54) is 29.8 Å². The van der Waals surface area contributed by atoms with E-state index in [-0.39, 0.29) is 11.5 Å². The molecule has 1 aromatic heterocycles. The van der Waals surface area contributed by atoms with E-state index in [9.17, 15) is 5.11 Å². The lowest BCUT2D eigenvalue weighted by molar-refractivity contribution is 0.0974. The van der Waals surface area contributed by atoms with Gasteiger partial charge in [0, 0.05) is 23.0 Å². The number of aliphatic hydroxyl groups excluding tert-OH is 1. The highest BCUT2D eigenvalue weighted by molar-refractivity contribution is 5.33. The van der Waals surface area contributed by atoms with E-state index in [4.69, 9.17) is 0 Å². The van der Waals surface area contributed by atoms with Gasteiger partial charge < -0.3 is 9.67 Å². The van der Waals surface area contributed by atoms with Crippen LogP contribution in [0.15, 0.2) is 6.07 Å². The van der Waals surface area contributed by atoms with Gasteiger partial charge in [0.05, 0.1) is 6.10 Å². The summed E-state index contributed by atoms with van der Waals surface area (Å²) in [6.07, 6.45) is 4.10. The standard InChI is InChI=1S/C16H27NO/c1-6-7-11(2)17-12(3)8-13-14(17)9-16(4,5)10-15(13)18/h8,11,15,18H,6-7,9-10H2,1-5H3. The second-order valence-electron chi connectivity index (χ2n) is 6.76. The van der Waals surface area contributed by atoms with Crippen LogP contribution in [0.2, 0.25) is 0 Å². The number of hydrogen-bond donors (Lipinski definition) is 1. The highest BCUT2D eigenvalue weighted by Gasteiger charge is 2.34. The second-order valence-corrected chi connectivity index (χ2v) is 6.76. The molecule has 2 heteroatoms. The summed E-state index contributed by atoms with van der Waals surface area (Å²) in [5, 5.41) is 10.3. The van der Waals surface area contributed by atoms with Crippen molar-refractivity contribution in [1.29, 1.82) is 0 Å². The number of aliphatic hydroxyl groups is 1. The fourth-order valence-corrected chi connectivity index (χ4v) is 3.52. The van der Waals surface area contributed by atoms with Crippen LogP contribution in [-0.2, 0) is 6.42 Å². The summed E-state index contributed by atoms with van der Waals surface area (Å²) in [5.74, 6) is 0. The largest absolute Gasteiger partial charge is 0.388 e. The van der Waals surface area contributed by atoms with Gasteiger partial charge in [0.15, 0.2) is 0 Å². The van der Waals surface area contributed by atoms with Crippen LogP contribution in [0.1, 0.15) is 76.1 Å². The molecule has 2 atom stereocenters. The van der Waals surface area contributed by atoms with E-state index in [1.54, 1.807) is 0 Å². The van der Waals surface area contributed by atoms with Gasteiger partial charge in [-0.2, -0.15) is 0 Å². The fourth-order valence-electron chi connectivity index (χ4n) is 3.52. The van der Waals surface area contributed by atoms with Crippen molar-refractivity contribution in [2.75, 3.05) is 0 Å². The maximum absolute atomic E-state index is 10.3. The van der Waals surface area contributed by atoms with E-state index in [0.717, 1.165) is 12.8 Å². The Hall–Kier alpha value is -0.760. The van der Waals surface area contributed by atoms with Crippen LogP contribution < -0.4 is 0 Å². The molecular formula is C16H27NO. The molecule has 0 spiro atoms. The zero-order chi connectivity index (χ0) is 13.5. The predicted molar refractivity (Wildman–Crippen MR) is 75.8 cm³/mol. The molecule has 0 bridgehead atoms. The smallest absolute Gasteiger partial charge is 0.0812 e. The Morgan fingerprint density at radius 1 is 1.50 bits per heavy atom. The Labute approximate surface area is 111 Å². The summed E-state index contributed by atoms with van der Waals surface area (Å²) in [6, 6.07) is 2.74. The number of nitrogens with zero attached hydrogens (tertiary/aromatic N) is 1. The molecule has 2 unspecified atom stereocenters. The molecule has 2 rings (SSSR count). The number of aromatic nitrogens is 1. The van der Waals surface area contributed by atoms with Crippen molar-refractivity contribution in [3.8, 4) is 0 Å². The molecule has 1 aliphatic carbocycles. The molecule has 1 heterocycles. The van der Waals surface area contributed by atoms with Crippen LogP contribution in [0.5, 0.6) is 0 Å². The molecule has 0 fully saturated rings. The van der Waals surface area contributed by atoms with Gasteiger partial charge in [-0.05, 0) is 44.6 Å². The van der Waals surface area contributed by atoms with Crippen LogP contribution in [0, 0.1) is 12.3 Å². The van der Waals surface area contributed by atoms with Gasteiger partial charge in [0.1, 0.15) is 0 Å². The quantitative estimate of drug-likeness (QED) is 0.854. The van der Waals surface area contributed by atoms with Gasteiger partial charge in [0.25, 0.3) is 0 Å². The highest BCUT2D eigenvalue weighted by Crippen LogP contribution is 2.43. The molecule has 0 aromatic carbocycles. The molecule has 1 N–H and O–H groups in total. The highest BCUT2D eigenvalue weighted by atomic mass is 16.3. The van der Waals surface area contributed by atoms with E-state index >= 15 is 0 Å². The minimum Gasteiger partial charge on any atom is -0.388 e. The first kappa shape index (κ1) is 13.7. The molecular weight excluding hydrogens is 222 g/mol. The molecule has 1 aliphatic rings. The van der Waals surface area contributed by atoms with Gasteiger partial charge in [-0.1, -0.05) is 27.2 Å². The van der Waals surface area contributed by atoms with Gasteiger partial charge in [-0.25, -0.2) is 0 Å². The fraction of sp³-hybridized carbons (Fsp3) is 0.750. The van der Waals surface area contributed by atoms with Crippen molar-refractivity contribution in [1.82, 2.24) is 4.57 Å². The van der Waals surface area contributed by atoms with Crippen LogP contribution in [-0.4, -0.2) is 9.67 Å². The third kappa shape index (κ3) is 2.35. The number of aryl methyl sites for hydroxylation is 1. The second kappa shape index (κ2) is 4.73. The minimum absolute atomic E-state index is 0.209. The number of fused-ring (bicyclic) bond motifs is 1. The Kier molecular flexibility index (Phi) is 3.59. The summed E-state index contributed by atoms with van der Waals surface area (Å²) in [6.45, 7) is 11.2. The average Bonchev–Trinajstić information content (AvgIpc) is 2.53. The lowest BCUT2D eigenvalue weighted by Gasteiger charge is -2.35. The molecule has 0 amide bonds. The van der Waals surface area contributed by atoms with Crippen molar-refractivity contribution in [2.24, 2.45) is 5.41 Å². The summed E-state index contributed by atoms with van der Waals surface area (Å²) in [4.78, 5) is 0. The van der Waals surface area contributed by atoms with E-state index in [0.29, 0.717) is 6.04 Å². The van der Waals surface area contributed by atoms with Crippen molar-refractivity contribution in [3.63, 3.8) is 0 Å². The van der Waals surface area contributed by atoms with E-state index in [1.807, 2.05) is 0 Å². The van der Waals surface area contributed by atoms with Crippen LogP contribution >= 0.6 is 0 Å². The first-order chi connectivity index (χ1) is 8.35. The molecule has 102 valence electrons. The molecule has 0 saturated heterocycles. The maximum Gasteiger partial charge on any atom is 0.0812 e.